The van der Waals surface area contributed by atoms with Crippen LogP contribution in [0, 0.1) is 5.41 Å². The molecule has 1 aliphatic heterocycles. The van der Waals surface area contributed by atoms with E-state index in [4.69, 9.17) is 22.7 Å². The quantitative estimate of drug-likeness (QED) is 0.586. The third-order valence-corrected chi connectivity index (χ3v) is 3.88. The molecule has 1 atom stereocenters. The molecular formula is C14H20ClN3O. The third kappa shape index (κ3) is 3.19. The first-order valence-electron chi connectivity index (χ1n) is 6.65. The number of anilines is 1. The molecule has 1 unspecified atom stereocenters. The van der Waals surface area contributed by atoms with Gasteiger partial charge in [-0.3, -0.25) is 5.41 Å². The zero-order valence-electron chi connectivity index (χ0n) is 10.9. The minimum Gasteiger partial charge on any atom is -0.396 e. The molecule has 4 N–H and O–H groups in total. The van der Waals surface area contributed by atoms with Gasteiger partial charge < -0.3 is 15.7 Å². The molecular weight excluding hydrogens is 262 g/mol. The predicted octanol–water partition coefficient (Wildman–Crippen LogP) is 2.37. The van der Waals surface area contributed by atoms with Crippen molar-refractivity contribution in [3.05, 3.63) is 28.8 Å². The minimum absolute atomic E-state index is 0.0332. The number of halogens is 1. The Labute approximate surface area is 118 Å². The Kier molecular flexibility index (Phi) is 4.66. The van der Waals surface area contributed by atoms with Crippen molar-refractivity contribution < 1.29 is 5.11 Å². The molecule has 1 aromatic carbocycles. The van der Waals surface area contributed by atoms with Crippen LogP contribution in [0.5, 0.6) is 0 Å². The summed E-state index contributed by atoms with van der Waals surface area (Å²) in [5.41, 5.74) is 7.29. The van der Waals surface area contributed by atoms with Gasteiger partial charge >= 0.3 is 0 Å². The number of amidine groups is 1. The maximum atomic E-state index is 9.19. The number of rotatable bonds is 4. The molecule has 1 aliphatic rings. The molecule has 0 aromatic heterocycles. The van der Waals surface area contributed by atoms with Crippen LogP contribution in [-0.2, 0) is 0 Å². The second kappa shape index (κ2) is 6.26. The van der Waals surface area contributed by atoms with Crippen molar-refractivity contribution in [2.45, 2.75) is 31.7 Å². The average molecular weight is 282 g/mol. The molecule has 1 saturated heterocycles. The molecule has 19 heavy (non-hydrogen) atoms. The maximum absolute atomic E-state index is 9.19. The van der Waals surface area contributed by atoms with E-state index in [1.807, 2.05) is 12.1 Å². The van der Waals surface area contributed by atoms with Crippen LogP contribution >= 0.6 is 11.6 Å². The van der Waals surface area contributed by atoms with Crippen molar-refractivity contribution in [1.82, 2.24) is 0 Å². The highest BCUT2D eigenvalue weighted by Crippen LogP contribution is 2.30. The zero-order valence-corrected chi connectivity index (χ0v) is 11.7. The number of aliphatic hydroxyl groups excluding tert-OH is 1. The third-order valence-electron chi connectivity index (χ3n) is 3.65. The number of aliphatic hydroxyl groups is 1. The Bertz CT molecular complexity index is 462. The SMILES string of the molecule is N=C(N)c1cc(Cl)ccc1N1CCCCC1CCO. The molecule has 0 bridgehead atoms. The van der Waals surface area contributed by atoms with Crippen molar-refractivity contribution in [1.29, 1.82) is 5.41 Å². The molecule has 1 fully saturated rings. The number of hydrogen-bond acceptors (Lipinski definition) is 3. The Hall–Kier alpha value is -1.26. The van der Waals surface area contributed by atoms with E-state index in [-0.39, 0.29) is 12.4 Å². The van der Waals surface area contributed by atoms with Crippen LogP contribution in [0.15, 0.2) is 18.2 Å². The van der Waals surface area contributed by atoms with E-state index in [0.29, 0.717) is 16.6 Å². The molecule has 4 nitrogen and oxygen atoms in total. The Morgan fingerprint density at radius 1 is 1.47 bits per heavy atom. The van der Waals surface area contributed by atoms with Gasteiger partial charge in [0, 0.05) is 35.5 Å². The van der Waals surface area contributed by atoms with Crippen LogP contribution in [0.3, 0.4) is 0 Å². The molecule has 0 amide bonds. The molecule has 1 aromatic rings. The lowest BCUT2D eigenvalue weighted by atomic mass is 9.97. The minimum atomic E-state index is 0.0332. The van der Waals surface area contributed by atoms with E-state index in [9.17, 15) is 5.11 Å². The van der Waals surface area contributed by atoms with Gasteiger partial charge in [-0.25, -0.2) is 0 Å². The van der Waals surface area contributed by atoms with E-state index in [1.54, 1.807) is 6.07 Å². The number of nitrogens with one attached hydrogen (secondary N) is 1. The van der Waals surface area contributed by atoms with Crippen molar-refractivity contribution in [2.24, 2.45) is 5.73 Å². The Morgan fingerprint density at radius 3 is 2.95 bits per heavy atom. The summed E-state index contributed by atoms with van der Waals surface area (Å²) < 4.78 is 0. The van der Waals surface area contributed by atoms with Crippen LogP contribution in [0.4, 0.5) is 5.69 Å². The number of benzene rings is 1. The Balaban J connectivity index is 2.35. The maximum Gasteiger partial charge on any atom is 0.124 e. The lowest BCUT2D eigenvalue weighted by Crippen LogP contribution is -2.41. The number of nitrogens with two attached hydrogens (primary N) is 1. The van der Waals surface area contributed by atoms with Gasteiger partial charge in [0.2, 0.25) is 0 Å². The fourth-order valence-electron chi connectivity index (χ4n) is 2.74. The molecule has 2 rings (SSSR count). The van der Waals surface area contributed by atoms with Gasteiger partial charge in [-0.2, -0.15) is 0 Å². The monoisotopic (exact) mass is 281 g/mol. The second-order valence-corrected chi connectivity index (χ2v) is 5.37. The summed E-state index contributed by atoms with van der Waals surface area (Å²) in [6.45, 7) is 1.12. The lowest BCUT2D eigenvalue weighted by molar-refractivity contribution is 0.262. The van der Waals surface area contributed by atoms with Crippen LogP contribution < -0.4 is 10.6 Å². The fraction of sp³-hybridized carbons (Fsp3) is 0.500. The zero-order chi connectivity index (χ0) is 13.8. The van der Waals surface area contributed by atoms with Crippen LogP contribution in [0.2, 0.25) is 5.02 Å². The predicted molar refractivity (Wildman–Crippen MR) is 79.2 cm³/mol. The molecule has 104 valence electrons. The van der Waals surface area contributed by atoms with Crippen LogP contribution in [-0.4, -0.2) is 30.1 Å². The summed E-state index contributed by atoms with van der Waals surface area (Å²) in [5, 5.41) is 17.5. The number of piperidine rings is 1. The summed E-state index contributed by atoms with van der Waals surface area (Å²) in [6.07, 6.45) is 4.13. The molecule has 1 heterocycles. The molecule has 5 heteroatoms. The van der Waals surface area contributed by atoms with E-state index in [2.05, 4.69) is 4.90 Å². The first-order chi connectivity index (χ1) is 9.13. The number of nitrogens with zero attached hydrogens (tertiary/aromatic N) is 1. The van der Waals surface area contributed by atoms with Crippen molar-refractivity contribution in [2.75, 3.05) is 18.1 Å². The van der Waals surface area contributed by atoms with Gasteiger partial charge in [0.15, 0.2) is 0 Å². The van der Waals surface area contributed by atoms with Crippen molar-refractivity contribution >= 4 is 23.1 Å². The highest BCUT2D eigenvalue weighted by atomic mass is 35.5. The van der Waals surface area contributed by atoms with E-state index >= 15 is 0 Å². The molecule has 0 spiro atoms. The standard InChI is InChI=1S/C14H20ClN3O/c15-10-4-5-13(12(9-10)14(16)17)18-7-2-1-3-11(18)6-8-19/h4-5,9,11,19H,1-3,6-8H2,(H3,16,17). The summed E-state index contributed by atoms with van der Waals surface area (Å²) in [5.74, 6) is 0.0332. The van der Waals surface area contributed by atoms with E-state index in [1.165, 1.54) is 6.42 Å². The molecule has 0 saturated carbocycles. The van der Waals surface area contributed by atoms with Gasteiger partial charge in [0.05, 0.1) is 0 Å². The van der Waals surface area contributed by atoms with Gasteiger partial charge in [-0.1, -0.05) is 11.6 Å². The van der Waals surface area contributed by atoms with Crippen LogP contribution in [0.25, 0.3) is 0 Å². The first-order valence-corrected chi connectivity index (χ1v) is 7.02. The lowest BCUT2D eigenvalue weighted by Gasteiger charge is -2.38. The summed E-state index contributed by atoms with van der Waals surface area (Å²) >= 11 is 5.99. The van der Waals surface area contributed by atoms with E-state index < -0.39 is 0 Å². The van der Waals surface area contributed by atoms with Crippen molar-refractivity contribution in [3.8, 4) is 0 Å². The molecule has 0 radical (unpaired) electrons. The normalized spacial score (nSPS) is 19.5. The van der Waals surface area contributed by atoms with E-state index in [0.717, 1.165) is 31.5 Å². The average Bonchev–Trinajstić information content (AvgIpc) is 2.40. The van der Waals surface area contributed by atoms with Crippen molar-refractivity contribution in [3.63, 3.8) is 0 Å². The van der Waals surface area contributed by atoms with Gasteiger partial charge in [-0.15, -0.1) is 0 Å². The summed E-state index contributed by atoms with van der Waals surface area (Å²) in [6, 6.07) is 5.81. The molecule has 0 aliphatic carbocycles. The second-order valence-electron chi connectivity index (χ2n) is 4.93. The largest absolute Gasteiger partial charge is 0.396 e. The van der Waals surface area contributed by atoms with Gasteiger partial charge in [-0.05, 0) is 43.9 Å². The highest BCUT2D eigenvalue weighted by molar-refractivity contribution is 6.31. The number of nitrogen functional groups attached to an aromatic ring is 1. The van der Waals surface area contributed by atoms with Crippen LogP contribution in [0.1, 0.15) is 31.2 Å². The highest BCUT2D eigenvalue weighted by Gasteiger charge is 2.24. The topological polar surface area (TPSA) is 73.3 Å². The first kappa shape index (κ1) is 14.2. The van der Waals surface area contributed by atoms with Gasteiger partial charge in [0.25, 0.3) is 0 Å². The van der Waals surface area contributed by atoms with Gasteiger partial charge in [0.1, 0.15) is 5.84 Å². The summed E-state index contributed by atoms with van der Waals surface area (Å²) in [4.78, 5) is 2.26. The summed E-state index contributed by atoms with van der Waals surface area (Å²) in [7, 11) is 0. The smallest absolute Gasteiger partial charge is 0.124 e. The Morgan fingerprint density at radius 2 is 2.26 bits per heavy atom. The fourth-order valence-corrected chi connectivity index (χ4v) is 2.91. The number of hydrogen-bond donors (Lipinski definition) is 3.